The summed E-state index contributed by atoms with van der Waals surface area (Å²) < 4.78 is 0. The van der Waals surface area contributed by atoms with Gasteiger partial charge in [0.05, 0.1) is 0 Å². The number of hydrogen-bond acceptors (Lipinski definition) is 7. The Hall–Kier alpha value is -3.71. The molecule has 0 aromatic rings. The molecule has 0 bridgehead atoms. The molecule has 180 valence electrons. The number of rotatable bonds is 16. The molecule has 0 aromatic heterocycles. The van der Waals surface area contributed by atoms with E-state index in [1.54, 1.807) is 0 Å². The van der Waals surface area contributed by atoms with E-state index in [1.807, 2.05) is 0 Å². The highest BCUT2D eigenvalue weighted by Crippen LogP contribution is 2.06. The molecule has 3 atom stereocenters. The van der Waals surface area contributed by atoms with E-state index in [-0.39, 0.29) is 12.8 Å². The molecule has 14 nitrogen and oxygen atoms in total. The highest BCUT2D eigenvalue weighted by Gasteiger charge is 2.30. The van der Waals surface area contributed by atoms with E-state index in [9.17, 15) is 33.6 Å². The maximum absolute atomic E-state index is 12.6. The summed E-state index contributed by atoms with van der Waals surface area (Å²) in [6.07, 6.45) is -2.84. The predicted molar refractivity (Wildman–Crippen MR) is 104 cm³/mol. The molecule has 0 saturated heterocycles. The van der Waals surface area contributed by atoms with E-state index in [2.05, 4.69) is 16.0 Å². The summed E-state index contributed by atoms with van der Waals surface area (Å²) in [7, 11) is 0. The van der Waals surface area contributed by atoms with Crippen LogP contribution in [0.15, 0.2) is 0 Å². The van der Waals surface area contributed by atoms with Crippen molar-refractivity contribution in [1.82, 2.24) is 16.0 Å². The van der Waals surface area contributed by atoms with Crippen molar-refractivity contribution in [1.29, 1.82) is 0 Å². The van der Waals surface area contributed by atoms with E-state index in [0.29, 0.717) is 0 Å². The van der Waals surface area contributed by atoms with Crippen LogP contribution in [0.5, 0.6) is 0 Å². The molecule has 0 heterocycles. The highest BCUT2D eigenvalue weighted by molar-refractivity contribution is 5.93. The van der Waals surface area contributed by atoms with Crippen LogP contribution in [0.3, 0.4) is 0 Å². The molecule has 0 fully saturated rings. The summed E-state index contributed by atoms with van der Waals surface area (Å²) >= 11 is 0. The van der Waals surface area contributed by atoms with Gasteiger partial charge in [0, 0.05) is 25.7 Å². The van der Waals surface area contributed by atoms with Crippen LogP contribution in [0.4, 0.5) is 0 Å². The normalized spacial score (nSPS) is 13.2. The second kappa shape index (κ2) is 14.3. The highest BCUT2D eigenvalue weighted by atomic mass is 16.4. The third-order valence-electron chi connectivity index (χ3n) is 4.16. The number of carbonyl (C=O) groups is 7. The van der Waals surface area contributed by atoms with Gasteiger partial charge < -0.3 is 36.4 Å². The lowest BCUT2D eigenvalue weighted by atomic mass is 10.1. The van der Waals surface area contributed by atoms with Crippen LogP contribution in [-0.4, -0.2) is 80.2 Å². The average Bonchev–Trinajstić information content (AvgIpc) is 2.69. The van der Waals surface area contributed by atoms with Gasteiger partial charge in [0.15, 0.2) is 0 Å². The lowest BCUT2D eigenvalue weighted by molar-refractivity contribution is -0.144. The summed E-state index contributed by atoms with van der Waals surface area (Å²) in [5.74, 6) is -7.98. The van der Waals surface area contributed by atoms with Crippen molar-refractivity contribution in [2.45, 2.75) is 70.0 Å². The molecule has 0 aromatic carbocycles. The van der Waals surface area contributed by atoms with Crippen molar-refractivity contribution in [2.75, 3.05) is 0 Å². The van der Waals surface area contributed by atoms with E-state index in [0.717, 1.165) is 0 Å². The average molecular weight is 461 g/mol. The van der Waals surface area contributed by atoms with Crippen molar-refractivity contribution >= 4 is 41.6 Å². The molecule has 0 rings (SSSR count). The molecule has 32 heavy (non-hydrogen) atoms. The fourth-order valence-corrected chi connectivity index (χ4v) is 2.44. The smallest absolute Gasteiger partial charge is 0.326 e. The number of hydrogen-bond donors (Lipinski definition) is 7. The van der Waals surface area contributed by atoms with Crippen molar-refractivity contribution in [3.63, 3.8) is 0 Å². The SMILES string of the molecule is CCC(=O)N[C@@H](CCC(=O)O)C(=O)N[C@@H](CCC(=O)O)C(=O)N[C@@H](CCC(=O)O)C(=O)O. The first-order chi connectivity index (χ1) is 14.9. The number of aliphatic carboxylic acids is 4. The van der Waals surface area contributed by atoms with Crippen LogP contribution in [0.1, 0.15) is 51.9 Å². The van der Waals surface area contributed by atoms with Crippen LogP contribution in [0.2, 0.25) is 0 Å². The second-order valence-electron chi connectivity index (χ2n) is 6.73. The topological polar surface area (TPSA) is 236 Å². The van der Waals surface area contributed by atoms with Crippen LogP contribution >= 0.6 is 0 Å². The minimum absolute atomic E-state index is 0.0103. The summed E-state index contributed by atoms with van der Waals surface area (Å²) in [4.78, 5) is 80.4. The van der Waals surface area contributed by atoms with Crippen LogP contribution in [0, 0.1) is 0 Å². The van der Waals surface area contributed by atoms with Gasteiger partial charge in [-0.1, -0.05) is 6.92 Å². The van der Waals surface area contributed by atoms with Gasteiger partial charge in [0.25, 0.3) is 0 Å². The lowest BCUT2D eigenvalue weighted by Gasteiger charge is -2.24. The first-order valence-corrected chi connectivity index (χ1v) is 9.65. The zero-order chi connectivity index (χ0) is 24.8. The van der Waals surface area contributed by atoms with E-state index < -0.39 is 91.8 Å². The number of carbonyl (C=O) groups excluding carboxylic acids is 3. The van der Waals surface area contributed by atoms with E-state index in [4.69, 9.17) is 20.4 Å². The largest absolute Gasteiger partial charge is 0.481 e. The van der Waals surface area contributed by atoms with Gasteiger partial charge in [-0.25, -0.2) is 4.79 Å². The summed E-state index contributed by atoms with van der Waals surface area (Å²) in [6, 6.07) is -4.47. The molecule has 0 unspecified atom stereocenters. The molecule has 0 saturated carbocycles. The molecule has 0 radical (unpaired) electrons. The molecule has 14 heteroatoms. The van der Waals surface area contributed by atoms with Gasteiger partial charge in [-0.05, 0) is 19.3 Å². The minimum atomic E-state index is -1.61. The maximum Gasteiger partial charge on any atom is 0.326 e. The predicted octanol–water partition coefficient (Wildman–Crippen LogP) is -1.47. The third-order valence-corrected chi connectivity index (χ3v) is 4.16. The Morgan fingerprint density at radius 1 is 0.594 bits per heavy atom. The van der Waals surface area contributed by atoms with Gasteiger partial charge in [0.1, 0.15) is 18.1 Å². The summed E-state index contributed by atoms with van der Waals surface area (Å²) in [5, 5.41) is 42.1. The first-order valence-electron chi connectivity index (χ1n) is 9.65. The van der Waals surface area contributed by atoms with Gasteiger partial charge >= 0.3 is 23.9 Å². The van der Waals surface area contributed by atoms with Crippen LogP contribution < -0.4 is 16.0 Å². The third kappa shape index (κ3) is 12.1. The Balaban J connectivity index is 5.47. The maximum atomic E-state index is 12.6. The molecule has 7 N–H and O–H groups in total. The first kappa shape index (κ1) is 28.3. The van der Waals surface area contributed by atoms with Crippen LogP contribution in [0.25, 0.3) is 0 Å². The van der Waals surface area contributed by atoms with Gasteiger partial charge in [-0.2, -0.15) is 0 Å². The Labute approximate surface area is 182 Å². The Bertz CT molecular complexity index is 738. The molecule has 0 aliphatic heterocycles. The van der Waals surface area contributed by atoms with Crippen molar-refractivity contribution in [3.05, 3.63) is 0 Å². The van der Waals surface area contributed by atoms with Crippen molar-refractivity contribution in [3.8, 4) is 0 Å². The quantitative estimate of drug-likeness (QED) is 0.140. The molecule has 3 amide bonds. The minimum Gasteiger partial charge on any atom is -0.481 e. The monoisotopic (exact) mass is 461 g/mol. The molecule has 0 aliphatic carbocycles. The summed E-state index contributed by atoms with van der Waals surface area (Å²) in [6.45, 7) is 1.49. The Morgan fingerprint density at radius 3 is 1.28 bits per heavy atom. The van der Waals surface area contributed by atoms with Crippen LogP contribution in [-0.2, 0) is 33.6 Å². The van der Waals surface area contributed by atoms with E-state index in [1.165, 1.54) is 6.92 Å². The zero-order valence-electron chi connectivity index (χ0n) is 17.3. The molecule has 0 aliphatic rings. The number of carboxylic acids is 4. The number of nitrogens with one attached hydrogen (secondary N) is 3. The zero-order valence-corrected chi connectivity index (χ0v) is 17.3. The molecular formula is C18H27N3O11. The van der Waals surface area contributed by atoms with Crippen molar-refractivity contribution in [2.24, 2.45) is 0 Å². The lowest BCUT2D eigenvalue weighted by Crippen LogP contribution is -2.55. The van der Waals surface area contributed by atoms with E-state index >= 15 is 0 Å². The summed E-state index contributed by atoms with van der Waals surface area (Å²) in [5.41, 5.74) is 0. The van der Waals surface area contributed by atoms with Crippen molar-refractivity contribution < 1.29 is 54.0 Å². The second-order valence-corrected chi connectivity index (χ2v) is 6.73. The Morgan fingerprint density at radius 2 is 0.938 bits per heavy atom. The molecule has 0 spiro atoms. The standard InChI is InChI=1S/C18H27N3O11/c1-2-12(22)19-9(3-6-13(23)24)16(29)20-10(4-7-14(25)26)17(30)21-11(18(31)32)5-8-15(27)28/h9-11H,2-8H2,1H3,(H,19,22)(H,20,29)(H,21,30)(H,23,24)(H,25,26)(H,27,28)(H,31,32)/t9-,10-,11-/m0/s1. The fraction of sp³-hybridized carbons (Fsp3) is 0.611. The number of amides is 3. The number of carboxylic acid groups (broad SMARTS) is 4. The Kier molecular flexibility index (Phi) is 12.7. The van der Waals surface area contributed by atoms with Gasteiger partial charge in [-0.3, -0.25) is 28.8 Å². The molecular weight excluding hydrogens is 434 g/mol. The fourth-order valence-electron chi connectivity index (χ4n) is 2.44. The van der Waals surface area contributed by atoms with Gasteiger partial charge in [-0.15, -0.1) is 0 Å². The van der Waals surface area contributed by atoms with Gasteiger partial charge in [0.2, 0.25) is 17.7 Å².